The van der Waals surface area contributed by atoms with Gasteiger partial charge in [0.2, 0.25) is 0 Å². The lowest BCUT2D eigenvalue weighted by molar-refractivity contribution is 0.0686. The third-order valence-corrected chi connectivity index (χ3v) is 2.18. The lowest BCUT2D eigenvalue weighted by Gasteiger charge is -1.96. The van der Waals surface area contributed by atoms with Crippen molar-refractivity contribution in [3.63, 3.8) is 0 Å². The highest BCUT2D eigenvalue weighted by atomic mass is 35.5. The molecule has 0 radical (unpaired) electrons. The molecule has 1 N–H and O–H groups in total. The number of hydrogen-bond donors (Lipinski definition) is 1. The van der Waals surface area contributed by atoms with Gasteiger partial charge in [0, 0.05) is 7.05 Å². The second-order valence-electron chi connectivity index (χ2n) is 2.03. The number of aromatic carboxylic acids is 1. The number of carboxylic acid groups (broad SMARTS) is 1. The predicted octanol–water partition coefficient (Wildman–Crippen LogP) is 2.03. The summed E-state index contributed by atoms with van der Waals surface area (Å²) < 4.78 is 1.31. The maximum atomic E-state index is 10.4. The van der Waals surface area contributed by atoms with Crippen LogP contribution in [0, 0.1) is 0 Å². The Kier molecular flexibility index (Phi) is 2.11. The summed E-state index contributed by atoms with van der Waals surface area (Å²) in [6, 6.07) is 1.31. The average Bonchev–Trinajstić information content (AvgIpc) is 2.17. The molecule has 1 rings (SSSR count). The summed E-state index contributed by atoms with van der Waals surface area (Å²) in [6.45, 7) is 0. The first-order valence-corrected chi connectivity index (χ1v) is 3.53. The first-order chi connectivity index (χ1) is 5.04. The molecule has 1 aromatic heterocycles. The normalized spacial score (nSPS) is 10.1. The van der Waals surface area contributed by atoms with Gasteiger partial charge in [-0.25, -0.2) is 4.79 Å². The Morgan fingerprint density at radius 2 is 2.18 bits per heavy atom. The fraction of sp³-hybridized carbons (Fsp3) is 0.167. The van der Waals surface area contributed by atoms with Crippen molar-refractivity contribution in [2.75, 3.05) is 0 Å². The van der Waals surface area contributed by atoms with Gasteiger partial charge in [0.1, 0.15) is 10.8 Å². The van der Waals surface area contributed by atoms with E-state index >= 15 is 0 Å². The number of rotatable bonds is 1. The minimum Gasteiger partial charge on any atom is -0.477 e. The molecular weight excluding hydrogens is 189 g/mol. The summed E-state index contributed by atoms with van der Waals surface area (Å²) in [7, 11) is 1.54. The Balaban J connectivity index is 3.29. The number of halogens is 2. The zero-order valence-corrected chi connectivity index (χ0v) is 7.15. The molecule has 1 aromatic rings. The molecule has 11 heavy (non-hydrogen) atoms. The molecule has 0 saturated heterocycles. The molecule has 0 unspecified atom stereocenters. The van der Waals surface area contributed by atoms with E-state index in [0.717, 1.165) is 0 Å². The summed E-state index contributed by atoms with van der Waals surface area (Å²) in [4.78, 5) is 10.4. The van der Waals surface area contributed by atoms with E-state index in [-0.39, 0.29) is 15.9 Å². The molecule has 0 atom stereocenters. The standard InChI is InChI=1S/C6H5Cl2NO2/c1-9-4(6(10)11)2-3(7)5(9)8/h2H,1H3,(H,10,11). The molecule has 5 heteroatoms. The second-order valence-corrected chi connectivity index (χ2v) is 2.80. The van der Waals surface area contributed by atoms with E-state index in [1.54, 1.807) is 0 Å². The number of carbonyl (C=O) groups is 1. The van der Waals surface area contributed by atoms with Gasteiger partial charge in [-0.15, -0.1) is 0 Å². The summed E-state index contributed by atoms with van der Waals surface area (Å²) in [5.74, 6) is -1.04. The zero-order valence-electron chi connectivity index (χ0n) is 5.64. The van der Waals surface area contributed by atoms with E-state index < -0.39 is 5.97 Å². The van der Waals surface area contributed by atoms with Crippen LogP contribution in [0.25, 0.3) is 0 Å². The molecule has 1 heterocycles. The van der Waals surface area contributed by atoms with Crippen molar-refractivity contribution in [2.45, 2.75) is 0 Å². The molecule has 0 aromatic carbocycles. The third-order valence-electron chi connectivity index (χ3n) is 1.34. The van der Waals surface area contributed by atoms with E-state index in [2.05, 4.69) is 0 Å². The molecule has 60 valence electrons. The third kappa shape index (κ3) is 1.34. The van der Waals surface area contributed by atoms with Gasteiger partial charge in [-0.05, 0) is 6.07 Å². The summed E-state index contributed by atoms with van der Waals surface area (Å²) >= 11 is 11.2. The van der Waals surface area contributed by atoms with Crippen LogP contribution in [-0.4, -0.2) is 15.6 Å². The largest absolute Gasteiger partial charge is 0.477 e. The van der Waals surface area contributed by atoms with Crippen molar-refractivity contribution in [1.82, 2.24) is 4.57 Å². The van der Waals surface area contributed by atoms with Crippen molar-refractivity contribution >= 4 is 29.2 Å². The molecule has 0 spiro atoms. The highest BCUT2D eigenvalue weighted by Gasteiger charge is 2.13. The lowest BCUT2D eigenvalue weighted by Crippen LogP contribution is -2.03. The monoisotopic (exact) mass is 193 g/mol. The quantitative estimate of drug-likeness (QED) is 0.742. The van der Waals surface area contributed by atoms with Gasteiger partial charge in [-0.1, -0.05) is 23.2 Å². The van der Waals surface area contributed by atoms with Crippen molar-refractivity contribution < 1.29 is 9.90 Å². The fourth-order valence-electron chi connectivity index (χ4n) is 0.748. The fourth-order valence-corrected chi connectivity index (χ4v) is 1.12. The van der Waals surface area contributed by atoms with Crippen LogP contribution in [-0.2, 0) is 7.05 Å². The molecule has 0 fully saturated rings. The summed E-state index contributed by atoms with van der Waals surface area (Å²) in [6.07, 6.45) is 0. The molecular formula is C6H5Cl2NO2. The molecule has 3 nitrogen and oxygen atoms in total. The van der Waals surface area contributed by atoms with Gasteiger partial charge in [-0.2, -0.15) is 0 Å². The first kappa shape index (κ1) is 8.43. The van der Waals surface area contributed by atoms with Gasteiger partial charge in [-0.3, -0.25) is 0 Å². The molecule has 0 bridgehead atoms. The van der Waals surface area contributed by atoms with Crippen molar-refractivity contribution in [3.05, 3.63) is 21.9 Å². The first-order valence-electron chi connectivity index (χ1n) is 2.78. The SMILES string of the molecule is Cn1c(C(=O)O)cc(Cl)c1Cl. The summed E-state index contributed by atoms with van der Waals surface area (Å²) in [5, 5.41) is 9.06. The van der Waals surface area contributed by atoms with Gasteiger partial charge >= 0.3 is 5.97 Å². The van der Waals surface area contributed by atoms with Crippen LogP contribution < -0.4 is 0 Å². The molecule has 0 aliphatic carbocycles. The predicted molar refractivity (Wildman–Crippen MR) is 42.4 cm³/mol. The smallest absolute Gasteiger partial charge is 0.352 e. The zero-order chi connectivity index (χ0) is 8.59. The Hall–Kier alpha value is -0.670. The van der Waals surface area contributed by atoms with Crippen LogP contribution in [0.15, 0.2) is 6.07 Å². The van der Waals surface area contributed by atoms with E-state index in [4.69, 9.17) is 28.3 Å². The van der Waals surface area contributed by atoms with E-state index in [1.165, 1.54) is 17.7 Å². The number of hydrogen-bond acceptors (Lipinski definition) is 1. The van der Waals surface area contributed by atoms with Crippen LogP contribution in [0.2, 0.25) is 10.2 Å². The highest BCUT2D eigenvalue weighted by molar-refractivity contribution is 6.41. The maximum Gasteiger partial charge on any atom is 0.352 e. The Bertz CT molecular complexity index is 306. The average molecular weight is 194 g/mol. The maximum absolute atomic E-state index is 10.4. The van der Waals surface area contributed by atoms with Gasteiger partial charge in [0.25, 0.3) is 0 Å². The molecule has 0 amide bonds. The van der Waals surface area contributed by atoms with Gasteiger partial charge in [0.15, 0.2) is 0 Å². The van der Waals surface area contributed by atoms with E-state index in [1.807, 2.05) is 0 Å². The molecule has 0 aliphatic heterocycles. The number of carboxylic acids is 1. The Morgan fingerprint density at radius 3 is 2.36 bits per heavy atom. The Morgan fingerprint density at radius 1 is 1.64 bits per heavy atom. The minimum atomic E-state index is -1.04. The number of aromatic nitrogens is 1. The van der Waals surface area contributed by atoms with Crippen LogP contribution in [0.1, 0.15) is 10.5 Å². The second kappa shape index (κ2) is 2.75. The molecule has 0 aliphatic rings. The van der Waals surface area contributed by atoms with Crippen molar-refractivity contribution in [2.24, 2.45) is 7.05 Å². The number of nitrogens with zero attached hydrogens (tertiary/aromatic N) is 1. The molecule has 0 saturated carbocycles. The topological polar surface area (TPSA) is 42.2 Å². The summed E-state index contributed by atoms with van der Waals surface area (Å²) in [5.41, 5.74) is 0.0833. The van der Waals surface area contributed by atoms with Crippen LogP contribution >= 0.6 is 23.2 Å². The van der Waals surface area contributed by atoms with Crippen LogP contribution in [0.5, 0.6) is 0 Å². The van der Waals surface area contributed by atoms with Crippen LogP contribution in [0.4, 0.5) is 0 Å². The van der Waals surface area contributed by atoms with Crippen molar-refractivity contribution in [3.8, 4) is 0 Å². The van der Waals surface area contributed by atoms with Gasteiger partial charge in [0.05, 0.1) is 5.02 Å². The lowest BCUT2D eigenvalue weighted by atomic mass is 10.4. The Labute approximate surface area is 73.1 Å². The van der Waals surface area contributed by atoms with Gasteiger partial charge < -0.3 is 9.67 Å². The van der Waals surface area contributed by atoms with E-state index in [0.29, 0.717) is 0 Å². The van der Waals surface area contributed by atoms with Crippen molar-refractivity contribution in [1.29, 1.82) is 0 Å². The van der Waals surface area contributed by atoms with Crippen LogP contribution in [0.3, 0.4) is 0 Å². The van der Waals surface area contributed by atoms with E-state index in [9.17, 15) is 4.79 Å². The highest BCUT2D eigenvalue weighted by Crippen LogP contribution is 2.24. The minimum absolute atomic E-state index is 0.0833.